The summed E-state index contributed by atoms with van der Waals surface area (Å²) >= 11 is 5.90. The molecule has 0 aliphatic carbocycles. The predicted molar refractivity (Wildman–Crippen MR) is 98.7 cm³/mol. The van der Waals surface area contributed by atoms with E-state index < -0.39 is 12.1 Å². The van der Waals surface area contributed by atoms with Crippen LogP contribution in [0.4, 0.5) is 21.9 Å². The van der Waals surface area contributed by atoms with E-state index in [-0.39, 0.29) is 5.91 Å². The summed E-state index contributed by atoms with van der Waals surface area (Å²) in [5.74, 6) is 0.490. The van der Waals surface area contributed by atoms with Crippen LogP contribution in [0.3, 0.4) is 0 Å². The van der Waals surface area contributed by atoms with Crippen LogP contribution in [0, 0.1) is 0 Å². The summed E-state index contributed by atoms with van der Waals surface area (Å²) in [7, 11) is 0. The zero-order valence-corrected chi connectivity index (χ0v) is 14.6. The number of likely N-dealkylation sites (N-methyl/N-ethyl adjacent to an activating group) is 1. The van der Waals surface area contributed by atoms with Gasteiger partial charge in [-0.05, 0) is 44.2 Å². The fourth-order valence-corrected chi connectivity index (χ4v) is 2.86. The van der Waals surface area contributed by atoms with Crippen LogP contribution in [0.5, 0.6) is 5.75 Å². The number of amides is 3. The normalized spacial score (nSPS) is 16.0. The topological polar surface area (TPSA) is 70.7 Å². The van der Waals surface area contributed by atoms with Crippen LogP contribution in [0.2, 0.25) is 5.02 Å². The van der Waals surface area contributed by atoms with Gasteiger partial charge in [-0.25, -0.2) is 4.79 Å². The van der Waals surface area contributed by atoms with Crippen LogP contribution in [0.1, 0.15) is 13.8 Å². The molecule has 25 heavy (non-hydrogen) atoms. The second-order valence-electron chi connectivity index (χ2n) is 5.61. The van der Waals surface area contributed by atoms with Crippen molar-refractivity contribution in [2.24, 2.45) is 0 Å². The average Bonchev–Trinajstić information content (AvgIpc) is 2.56. The molecule has 0 saturated carbocycles. The number of anilines is 3. The Morgan fingerprint density at radius 2 is 1.92 bits per heavy atom. The lowest BCUT2D eigenvalue weighted by molar-refractivity contribution is -0.125. The first-order valence-corrected chi connectivity index (χ1v) is 8.31. The largest absolute Gasteiger partial charge is 0.479 e. The molecule has 0 saturated heterocycles. The number of carbonyl (C=O) groups excluding carboxylic acids is 2. The smallest absolute Gasteiger partial charge is 0.323 e. The van der Waals surface area contributed by atoms with Gasteiger partial charge in [-0.15, -0.1) is 0 Å². The van der Waals surface area contributed by atoms with Crippen LogP contribution >= 0.6 is 11.6 Å². The number of hydrogen-bond donors (Lipinski definition) is 2. The average molecular weight is 360 g/mol. The Kier molecular flexibility index (Phi) is 4.81. The lowest BCUT2D eigenvalue weighted by Crippen LogP contribution is -2.44. The molecule has 1 heterocycles. The maximum absolute atomic E-state index is 12.1. The molecule has 3 rings (SSSR count). The van der Waals surface area contributed by atoms with Crippen LogP contribution in [0.15, 0.2) is 42.5 Å². The Morgan fingerprint density at radius 3 is 2.60 bits per heavy atom. The van der Waals surface area contributed by atoms with E-state index in [0.29, 0.717) is 34.4 Å². The molecule has 1 aliphatic heterocycles. The van der Waals surface area contributed by atoms with E-state index in [1.54, 1.807) is 54.3 Å². The van der Waals surface area contributed by atoms with E-state index in [0.717, 1.165) is 0 Å². The van der Waals surface area contributed by atoms with Gasteiger partial charge >= 0.3 is 6.03 Å². The van der Waals surface area contributed by atoms with Crippen molar-refractivity contribution in [3.8, 4) is 5.75 Å². The quantitative estimate of drug-likeness (QED) is 0.866. The molecule has 0 bridgehead atoms. The number of carbonyl (C=O) groups is 2. The number of rotatable bonds is 3. The molecule has 0 spiro atoms. The first kappa shape index (κ1) is 17.1. The molecule has 0 fully saturated rings. The van der Waals surface area contributed by atoms with E-state index in [9.17, 15) is 9.59 Å². The van der Waals surface area contributed by atoms with Crippen LogP contribution in [0.25, 0.3) is 0 Å². The number of halogens is 1. The molecule has 2 aromatic rings. The van der Waals surface area contributed by atoms with Gasteiger partial charge in [-0.1, -0.05) is 17.7 Å². The Hall–Kier alpha value is -2.73. The Labute approximate surface area is 150 Å². The zero-order chi connectivity index (χ0) is 18.0. The molecule has 130 valence electrons. The maximum atomic E-state index is 12.1. The summed E-state index contributed by atoms with van der Waals surface area (Å²) in [6, 6.07) is 11.7. The third-order valence-corrected chi connectivity index (χ3v) is 4.06. The number of nitrogens with one attached hydrogen (secondary N) is 2. The van der Waals surface area contributed by atoms with Gasteiger partial charge < -0.3 is 20.3 Å². The molecule has 1 atom stereocenters. The molecular weight excluding hydrogens is 342 g/mol. The summed E-state index contributed by atoms with van der Waals surface area (Å²) in [5.41, 5.74) is 1.86. The minimum atomic E-state index is -0.553. The second kappa shape index (κ2) is 7.03. The number of nitrogens with zero attached hydrogens (tertiary/aromatic N) is 1. The highest BCUT2D eigenvalue weighted by atomic mass is 35.5. The van der Waals surface area contributed by atoms with E-state index in [4.69, 9.17) is 16.3 Å². The van der Waals surface area contributed by atoms with Crippen LogP contribution in [-0.4, -0.2) is 24.6 Å². The van der Waals surface area contributed by atoms with E-state index >= 15 is 0 Å². The van der Waals surface area contributed by atoms with Gasteiger partial charge in [-0.2, -0.15) is 0 Å². The molecule has 1 unspecified atom stereocenters. The molecule has 6 nitrogen and oxygen atoms in total. The van der Waals surface area contributed by atoms with E-state index in [2.05, 4.69) is 10.6 Å². The van der Waals surface area contributed by atoms with Gasteiger partial charge in [0.1, 0.15) is 5.75 Å². The fourth-order valence-electron chi connectivity index (χ4n) is 2.67. The van der Waals surface area contributed by atoms with Crippen molar-refractivity contribution in [1.82, 2.24) is 0 Å². The highest BCUT2D eigenvalue weighted by Crippen LogP contribution is 2.36. The zero-order valence-electron chi connectivity index (χ0n) is 13.9. The van der Waals surface area contributed by atoms with E-state index in [1.807, 2.05) is 6.92 Å². The van der Waals surface area contributed by atoms with Crippen molar-refractivity contribution >= 4 is 40.6 Å². The number of hydrogen-bond acceptors (Lipinski definition) is 3. The first-order valence-electron chi connectivity index (χ1n) is 7.93. The van der Waals surface area contributed by atoms with Crippen LogP contribution < -0.4 is 20.3 Å². The number of benzene rings is 2. The Morgan fingerprint density at radius 1 is 1.20 bits per heavy atom. The second-order valence-corrected chi connectivity index (χ2v) is 6.05. The summed E-state index contributed by atoms with van der Waals surface area (Å²) in [6.45, 7) is 4.17. The van der Waals surface area contributed by atoms with Crippen molar-refractivity contribution in [3.05, 3.63) is 47.5 Å². The standard InChI is InChI=1S/C18H18ClN3O3/c1-3-22-15-8-7-14(10-16(15)25-11(2)17(22)23)21-18(24)20-13-6-4-5-12(19)9-13/h4-11H,3H2,1-2H3,(H2,20,21,24). The lowest BCUT2D eigenvalue weighted by atomic mass is 10.1. The molecule has 2 N–H and O–H groups in total. The van der Waals surface area contributed by atoms with Crippen molar-refractivity contribution < 1.29 is 14.3 Å². The van der Waals surface area contributed by atoms with Gasteiger partial charge in [0, 0.05) is 29.0 Å². The van der Waals surface area contributed by atoms with Gasteiger partial charge in [0.25, 0.3) is 5.91 Å². The molecule has 2 aromatic carbocycles. The van der Waals surface area contributed by atoms with Gasteiger partial charge in [0.2, 0.25) is 0 Å². The third-order valence-electron chi connectivity index (χ3n) is 3.82. The van der Waals surface area contributed by atoms with Gasteiger partial charge in [0.15, 0.2) is 6.10 Å². The lowest BCUT2D eigenvalue weighted by Gasteiger charge is -2.32. The SMILES string of the molecule is CCN1C(=O)C(C)Oc2cc(NC(=O)Nc3cccc(Cl)c3)ccc21. The Balaban J connectivity index is 1.75. The number of urea groups is 1. The molecule has 0 aromatic heterocycles. The molecular formula is C18H18ClN3O3. The molecule has 3 amide bonds. The van der Waals surface area contributed by atoms with Crippen LogP contribution in [-0.2, 0) is 4.79 Å². The minimum Gasteiger partial charge on any atom is -0.479 e. The Bertz CT molecular complexity index is 825. The molecule has 1 aliphatic rings. The third kappa shape index (κ3) is 3.69. The van der Waals surface area contributed by atoms with Crippen molar-refractivity contribution in [2.75, 3.05) is 22.1 Å². The summed E-state index contributed by atoms with van der Waals surface area (Å²) in [6.07, 6.45) is -0.553. The number of ether oxygens (including phenoxy) is 1. The minimum absolute atomic E-state index is 0.0746. The van der Waals surface area contributed by atoms with Crippen molar-refractivity contribution in [2.45, 2.75) is 20.0 Å². The monoisotopic (exact) mass is 359 g/mol. The van der Waals surface area contributed by atoms with Gasteiger partial charge in [0.05, 0.1) is 5.69 Å². The van der Waals surface area contributed by atoms with Gasteiger partial charge in [-0.3, -0.25) is 4.79 Å². The van der Waals surface area contributed by atoms with E-state index in [1.165, 1.54) is 0 Å². The highest BCUT2D eigenvalue weighted by Gasteiger charge is 2.30. The first-order chi connectivity index (χ1) is 12.0. The predicted octanol–water partition coefficient (Wildman–Crippen LogP) is 4.12. The summed E-state index contributed by atoms with van der Waals surface area (Å²) < 4.78 is 5.65. The fraction of sp³-hybridized carbons (Fsp3) is 0.222. The highest BCUT2D eigenvalue weighted by molar-refractivity contribution is 6.30. The molecule has 7 heteroatoms. The summed E-state index contributed by atoms with van der Waals surface area (Å²) in [4.78, 5) is 25.9. The maximum Gasteiger partial charge on any atom is 0.323 e. The number of fused-ring (bicyclic) bond motifs is 1. The van der Waals surface area contributed by atoms with Crippen molar-refractivity contribution in [3.63, 3.8) is 0 Å². The van der Waals surface area contributed by atoms with Crippen molar-refractivity contribution in [1.29, 1.82) is 0 Å². The molecule has 0 radical (unpaired) electrons. The summed E-state index contributed by atoms with van der Waals surface area (Å²) in [5, 5.41) is 5.99.